The van der Waals surface area contributed by atoms with Crippen LogP contribution in [0.2, 0.25) is 0 Å². The Morgan fingerprint density at radius 1 is 1.29 bits per heavy atom. The van der Waals surface area contributed by atoms with Crippen LogP contribution in [0.25, 0.3) is 0 Å². The Labute approximate surface area is 87.3 Å². The maximum absolute atomic E-state index is 2.43. The molecule has 1 aromatic rings. The lowest BCUT2D eigenvalue weighted by Crippen LogP contribution is -2.17. The van der Waals surface area contributed by atoms with Crippen molar-refractivity contribution < 1.29 is 0 Å². The van der Waals surface area contributed by atoms with E-state index >= 15 is 0 Å². The molecule has 0 bridgehead atoms. The van der Waals surface area contributed by atoms with Gasteiger partial charge in [0, 0.05) is 0 Å². The van der Waals surface area contributed by atoms with Crippen molar-refractivity contribution in [2.45, 2.75) is 44.9 Å². The molecule has 2 atom stereocenters. The number of rotatable bonds is 2. The highest BCUT2D eigenvalue weighted by atomic mass is 14.4. The van der Waals surface area contributed by atoms with Crippen molar-refractivity contribution in [1.82, 2.24) is 0 Å². The molecule has 1 saturated carbocycles. The van der Waals surface area contributed by atoms with Gasteiger partial charge >= 0.3 is 0 Å². The molecule has 1 aliphatic carbocycles. The minimum atomic E-state index is 0.460. The molecule has 2 unspecified atom stereocenters. The molecule has 0 saturated heterocycles. The Bertz CT molecular complexity index is 288. The van der Waals surface area contributed by atoms with E-state index in [1.807, 2.05) is 0 Å². The van der Waals surface area contributed by atoms with Crippen molar-refractivity contribution in [2.24, 2.45) is 5.92 Å². The highest BCUT2D eigenvalue weighted by Gasteiger charge is 2.35. The molecular weight excluding hydrogens is 168 g/mol. The predicted octanol–water partition coefficient (Wildman–Crippen LogP) is 4.15. The van der Waals surface area contributed by atoms with Gasteiger partial charge in [0.15, 0.2) is 0 Å². The van der Waals surface area contributed by atoms with Gasteiger partial charge in [0.05, 0.1) is 0 Å². The summed E-state index contributed by atoms with van der Waals surface area (Å²) in [6, 6.07) is 11.0. The SMILES string of the molecule is CCC1CCC(C)(c2ccccc2)C1. The van der Waals surface area contributed by atoms with Gasteiger partial charge in [0.25, 0.3) is 0 Å². The summed E-state index contributed by atoms with van der Waals surface area (Å²) in [6.45, 7) is 4.75. The van der Waals surface area contributed by atoms with Gasteiger partial charge < -0.3 is 0 Å². The number of hydrogen-bond donors (Lipinski definition) is 0. The average Bonchev–Trinajstić information content (AvgIpc) is 2.63. The summed E-state index contributed by atoms with van der Waals surface area (Å²) in [5, 5.41) is 0. The molecule has 2 rings (SSSR count). The van der Waals surface area contributed by atoms with Crippen LogP contribution in [0.3, 0.4) is 0 Å². The lowest BCUT2D eigenvalue weighted by Gasteiger charge is -2.24. The van der Waals surface area contributed by atoms with E-state index in [1.165, 1.54) is 31.2 Å². The molecule has 0 radical (unpaired) electrons. The first-order valence-electron chi connectivity index (χ1n) is 5.80. The summed E-state index contributed by atoms with van der Waals surface area (Å²) in [4.78, 5) is 0. The Balaban J connectivity index is 2.19. The lowest BCUT2D eigenvalue weighted by atomic mass is 9.80. The van der Waals surface area contributed by atoms with Crippen LogP contribution in [0.15, 0.2) is 30.3 Å². The van der Waals surface area contributed by atoms with Gasteiger partial charge in [-0.2, -0.15) is 0 Å². The van der Waals surface area contributed by atoms with Gasteiger partial charge in [-0.25, -0.2) is 0 Å². The smallest absolute Gasteiger partial charge is 0.00725 e. The second kappa shape index (κ2) is 3.76. The molecular formula is C14H20. The van der Waals surface area contributed by atoms with Crippen LogP contribution in [0.1, 0.15) is 45.1 Å². The Morgan fingerprint density at radius 2 is 2.00 bits per heavy atom. The fraction of sp³-hybridized carbons (Fsp3) is 0.571. The van der Waals surface area contributed by atoms with Crippen molar-refractivity contribution in [3.8, 4) is 0 Å². The van der Waals surface area contributed by atoms with Crippen molar-refractivity contribution in [3.63, 3.8) is 0 Å². The van der Waals surface area contributed by atoms with Gasteiger partial charge in [-0.15, -0.1) is 0 Å². The summed E-state index contributed by atoms with van der Waals surface area (Å²) >= 11 is 0. The maximum Gasteiger partial charge on any atom is -0.00725 e. The van der Waals surface area contributed by atoms with E-state index < -0.39 is 0 Å². The second-order valence-electron chi connectivity index (χ2n) is 4.94. The highest BCUT2D eigenvalue weighted by Crippen LogP contribution is 2.44. The van der Waals surface area contributed by atoms with Gasteiger partial charge in [0.2, 0.25) is 0 Å². The Hall–Kier alpha value is -0.780. The first-order chi connectivity index (χ1) is 6.74. The molecule has 14 heavy (non-hydrogen) atoms. The van der Waals surface area contributed by atoms with Crippen molar-refractivity contribution >= 4 is 0 Å². The Kier molecular flexibility index (Phi) is 2.62. The van der Waals surface area contributed by atoms with E-state index in [0.29, 0.717) is 5.41 Å². The summed E-state index contributed by atoms with van der Waals surface area (Å²) in [7, 11) is 0. The fourth-order valence-electron chi connectivity index (χ4n) is 2.82. The normalized spacial score (nSPS) is 32.0. The van der Waals surface area contributed by atoms with Crippen molar-refractivity contribution in [2.75, 3.05) is 0 Å². The quantitative estimate of drug-likeness (QED) is 0.654. The molecule has 0 nitrogen and oxygen atoms in total. The third kappa shape index (κ3) is 1.70. The molecule has 0 N–H and O–H groups in total. The van der Waals surface area contributed by atoms with E-state index in [0.717, 1.165) is 5.92 Å². The first kappa shape index (κ1) is 9.76. The third-order valence-corrected chi connectivity index (χ3v) is 3.89. The van der Waals surface area contributed by atoms with Crippen molar-refractivity contribution in [3.05, 3.63) is 35.9 Å². The summed E-state index contributed by atoms with van der Waals surface area (Å²) in [5.41, 5.74) is 2.00. The second-order valence-corrected chi connectivity index (χ2v) is 4.94. The average molecular weight is 188 g/mol. The summed E-state index contributed by atoms with van der Waals surface area (Å²) in [6.07, 6.45) is 5.52. The zero-order valence-corrected chi connectivity index (χ0v) is 9.29. The third-order valence-electron chi connectivity index (χ3n) is 3.89. The molecule has 0 heteroatoms. The maximum atomic E-state index is 2.43. The fourth-order valence-corrected chi connectivity index (χ4v) is 2.82. The van der Waals surface area contributed by atoms with E-state index in [9.17, 15) is 0 Å². The van der Waals surface area contributed by atoms with Crippen LogP contribution in [0, 0.1) is 5.92 Å². The first-order valence-corrected chi connectivity index (χ1v) is 5.80. The minimum Gasteiger partial charge on any atom is -0.0651 e. The highest BCUT2D eigenvalue weighted by molar-refractivity contribution is 5.25. The molecule has 0 aromatic heterocycles. The van der Waals surface area contributed by atoms with Crippen LogP contribution < -0.4 is 0 Å². The van der Waals surface area contributed by atoms with Crippen LogP contribution in [-0.4, -0.2) is 0 Å². The van der Waals surface area contributed by atoms with E-state index in [4.69, 9.17) is 0 Å². The van der Waals surface area contributed by atoms with E-state index in [-0.39, 0.29) is 0 Å². The summed E-state index contributed by atoms with van der Waals surface area (Å²) in [5.74, 6) is 0.959. The van der Waals surface area contributed by atoms with Crippen LogP contribution >= 0.6 is 0 Å². The number of benzene rings is 1. The van der Waals surface area contributed by atoms with Crippen molar-refractivity contribution in [1.29, 1.82) is 0 Å². The van der Waals surface area contributed by atoms with Crippen LogP contribution in [-0.2, 0) is 5.41 Å². The van der Waals surface area contributed by atoms with E-state index in [2.05, 4.69) is 44.2 Å². The summed E-state index contributed by atoms with van der Waals surface area (Å²) < 4.78 is 0. The van der Waals surface area contributed by atoms with Gasteiger partial charge in [-0.1, -0.05) is 50.6 Å². The molecule has 0 heterocycles. The van der Waals surface area contributed by atoms with Gasteiger partial charge in [-0.3, -0.25) is 0 Å². The predicted molar refractivity (Wildman–Crippen MR) is 61.4 cm³/mol. The molecule has 0 spiro atoms. The Morgan fingerprint density at radius 3 is 2.57 bits per heavy atom. The lowest BCUT2D eigenvalue weighted by molar-refractivity contribution is 0.445. The molecule has 1 fully saturated rings. The zero-order valence-electron chi connectivity index (χ0n) is 9.29. The zero-order chi connectivity index (χ0) is 10.0. The molecule has 1 aliphatic rings. The standard InChI is InChI=1S/C14H20/c1-3-12-9-10-14(2,11-12)13-7-5-4-6-8-13/h4-8,12H,3,9-11H2,1-2H3. The molecule has 0 amide bonds. The number of hydrogen-bond acceptors (Lipinski definition) is 0. The molecule has 1 aromatic carbocycles. The van der Waals surface area contributed by atoms with Crippen LogP contribution in [0.4, 0.5) is 0 Å². The minimum absolute atomic E-state index is 0.460. The molecule has 0 aliphatic heterocycles. The van der Waals surface area contributed by atoms with E-state index in [1.54, 1.807) is 0 Å². The van der Waals surface area contributed by atoms with Gasteiger partial charge in [-0.05, 0) is 36.2 Å². The topological polar surface area (TPSA) is 0 Å². The monoisotopic (exact) mass is 188 g/mol. The van der Waals surface area contributed by atoms with Crippen LogP contribution in [0.5, 0.6) is 0 Å². The molecule has 76 valence electrons. The van der Waals surface area contributed by atoms with Gasteiger partial charge in [0.1, 0.15) is 0 Å². The largest absolute Gasteiger partial charge is 0.0651 e.